The van der Waals surface area contributed by atoms with Crippen molar-refractivity contribution in [2.75, 3.05) is 0 Å². The minimum absolute atomic E-state index is 0. The molecule has 0 bridgehead atoms. The van der Waals surface area contributed by atoms with Crippen molar-refractivity contribution in [3.05, 3.63) is 179 Å². The first kappa shape index (κ1) is 31.4. The van der Waals surface area contributed by atoms with E-state index in [0.717, 1.165) is 28.2 Å². The van der Waals surface area contributed by atoms with Gasteiger partial charge >= 0.3 is 5.97 Å². The van der Waals surface area contributed by atoms with E-state index < -0.39 is 11.4 Å². The van der Waals surface area contributed by atoms with Crippen molar-refractivity contribution in [1.29, 1.82) is 5.26 Å². The number of nitriles is 1. The Morgan fingerprint density at radius 1 is 0.891 bits per heavy atom. The summed E-state index contributed by atoms with van der Waals surface area (Å²) < 4.78 is 6.29. The molecule has 1 N–H and O–H groups in total. The quantitative estimate of drug-likeness (QED) is 0.185. The van der Waals surface area contributed by atoms with Gasteiger partial charge in [0.15, 0.2) is 5.69 Å². The second-order valence-electron chi connectivity index (χ2n) is 9.80. The van der Waals surface area contributed by atoms with E-state index in [1.54, 1.807) is 42.6 Å². The minimum Gasteiger partial charge on any atom is -0.517 e. The molecule has 46 heavy (non-hydrogen) atoms. The van der Waals surface area contributed by atoms with Gasteiger partial charge < -0.3 is 9.84 Å². The summed E-state index contributed by atoms with van der Waals surface area (Å²) in [6.07, 6.45) is 3.20. The molecule has 0 spiro atoms. The monoisotopic (exact) mass is 776 g/mol. The van der Waals surface area contributed by atoms with Crippen LogP contribution in [0.25, 0.3) is 16.1 Å². The zero-order chi connectivity index (χ0) is 31.2. The SMILES string of the molecule is O=C(O)c1ccccn1.[C-]#[N+]c1ccc2c(c1)Oc1cc(C#N)c[c-]c1[C@@]2(c1ccccn1)c1cccc(-c2[c-]cccc2)n1.[Ir]. The average Bonchev–Trinajstić information content (AvgIpc) is 3.11. The number of hydrogen-bond donors (Lipinski definition) is 1. The molecule has 9 heteroatoms. The Hall–Kier alpha value is -5.99. The Morgan fingerprint density at radius 3 is 2.33 bits per heavy atom. The van der Waals surface area contributed by atoms with Gasteiger partial charge in [-0.05, 0) is 42.1 Å². The van der Waals surface area contributed by atoms with Crippen LogP contribution >= 0.6 is 0 Å². The van der Waals surface area contributed by atoms with Crippen LogP contribution in [0.1, 0.15) is 38.6 Å². The summed E-state index contributed by atoms with van der Waals surface area (Å²) in [6.45, 7) is 7.51. The first-order valence-electron chi connectivity index (χ1n) is 13.7. The molecule has 7 rings (SSSR count). The van der Waals surface area contributed by atoms with Gasteiger partial charge in [0.25, 0.3) is 0 Å². The molecule has 0 unspecified atom stereocenters. The molecule has 0 amide bonds. The summed E-state index contributed by atoms with van der Waals surface area (Å²) in [4.78, 5) is 27.2. The van der Waals surface area contributed by atoms with Crippen LogP contribution in [-0.2, 0) is 25.5 Å². The fourth-order valence-corrected chi connectivity index (χ4v) is 5.23. The third-order valence-electron chi connectivity index (χ3n) is 7.18. The zero-order valence-electron chi connectivity index (χ0n) is 23.9. The van der Waals surface area contributed by atoms with Gasteiger partial charge in [-0.3, -0.25) is 9.97 Å². The smallest absolute Gasteiger partial charge is 0.354 e. The maximum absolute atomic E-state index is 10.1. The number of benzene rings is 3. The van der Waals surface area contributed by atoms with Crippen molar-refractivity contribution in [3.8, 4) is 28.8 Å². The van der Waals surface area contributed by atoms with Crippen LogP contribution in [0, 0.1) is 30.0 Å². The van der Waals surface area contributed by atoms with Gasteiger partial charge in [-0.25, -0.2) is 19.9 Å². The second-order valence-corrected chi connectivity index (χ2v) is 9.80. The largest absolute Gasteiger partial charge is 0.517 e. The van der Waals surface area contributed by atoms with Crippen LogP contribution in [0.15, 0.2) is 122 Å². The van der Waals surface area contributed by atoms with Gasteiger partial charge in [0.05, 0.1) is 17.7 Å². The van der Waals surface area contributed by atoms with Gasteiger partial charge in [0, 0.05) is 55.6 Å². The van der Waals surface area contributed by atoms with Crippen molar-refractivity contribution in [2.24, 2.45) is 0 Å². The van der Waals surface area contributed by atoms with Crippen LogP contribution < -0.4 is 4.74 Å². The summed E-state index contributed by atoms with van der Waals surface area (Å²) in [5.74, 6) is 0.00651. The topological polar surface area (TPSA) is 113 Å². The Morgan fingerprint density at radius 2 is 1.67 bits per heavy atom. The predicted octanol–water partition coefficient (Wildman–Crippen LogP) is 7.43. The standard InChI is InChI=1S/C31H16N4O.C6H5NO2.Ir/c1-33-23-14-16-25-28(19-23)36-27-18-21(20-32)13-15-24(27)31(25,29-11-5-6-17-34-29)30-12-7-10-26(35-30)22-8-3-2-4-9-22;8-6(9)5-3-1-2-4-7-5;/h2-8,10-14,16-19H;1-4H,(H,8,9);/q-2;;/t31-;;/m1../s1. The van der Waals surface area contributed by atoms with Crippen LogP contribution in [0.5, 0.6) is 11.5 Å². The van der Waals surface area contributed by atoms with Crippen molar-refractivity contribution in [2.45, 2.75) is 5.41 Å². The molecule has 3 aromatic carbocycles. The molecule has 0 saturated heterocycles. The molecule has 1 aliphatic rings. The molecular weight excluding hydrogens is 755 g/mol. The Balaban J connectivity index is 0.000000362. The first-order valence-corrected chi connectivity index (χ1v) is 13.7. The van der Waals surface area contributed by atoms with Crippen LogP contribution in [-0.4, -0.2) is 26.0 Å². The number of rotatable bonds is 4. The Bertz CT molecular complexity index is 2030. The first-order chi connectivity index (χ1) is 22.0. The van der Waals surface area contributed by atoms with E-state index in [4.69, 9.17) is 26.4 Å². The summed E-state index contributed by atoms with van der Waals surface area (Å²) in [6, 6.07) is 41.6. The van der Waals surface area contributed by atoms with Gasteiger partial charge in [0.2, 0.25) is 0 Å². The molecule has 6 aromatic rings. The van der Waals surface area contributed by atoms with E-state index >= 15 is 0 Å². The third kappa shape index (κ3) is 5.89. The minimum atomic E-state index is -0.997. The number of aromatic carboxylic acids is 1. The molecule has 1 atom stereocenters. The molecule has 4 heterocycles. The summed E-state index contributed by atoms with van der Waals surface area (Å²) in [5, 5.41) is 17.9. The maximum atomic E-state index is 10.1. The number of ether oxygens (including phenoxy) is 1. The van der Waals surface area contributed by atoms with Crippen LogP contribution in [0.4, 0.5) is 5.69 Å². The average molecular weight is 776 g/mol. The fraction of sp³-hybridized carbons (Fsp3) is 0.0270. The van der Waals surface area contributed by atoms with Gasteiger partial charge in [-0.15, -0.1) is 42.0 Å². The number of pyridine rings is 3. The summed E-state index contributed by atoms with van der Waals surface area (Å²) in [7, 11) is 0. The summed E-state index contributed by atoms with van der Waals surface area (Å²) in [5.41, 5.74) is 4.55. The van der Waals surface area contributed by atoms with Crippen molar-refractivity contribution in [3.63, 3.8) is 0 Å². The number of aromatic nitrogens is 3. The van der Waals surface area contributed by atoms with E-state index in [9.17, 15) is 10.1 Å². The molecule has 0 saturated carbocycles. The van der Waals surface area contributed by atoms with Gasteiger partial charge in [-0.1, -0.05) is 47.5 Å². The van der Waals surface area contributed by atoms with Crippen molar-refractivity contribution >= 4 is 11.7 Å². The molecule has 0 fully saturated rings. The van der Waals surface area contributed by atoms with Crippen molar-refractivity contribution < 1.29 is 34.7 Å². The number of hydrogen-bond acceptors (Lipinski definition) is 6. The number of fused-ring (bicyclic) bond motifs is 2. The van der Waals surface area contributed by atoms with Crippen LogP contribution in [0.3, 0.4) is 0 Å². The number of carboxylic acid groups (broad SMARTS) is 1. The van der Waals surface area contributed by atoms with Gasteiger partial charge in [-0.2, -0.15) is 12.1 Å². The fourth-order valence-electron chi connectivity index (χ4n) is 5.23. The number of carbonyl (C=O) groups is 1. The van der Waals surface area contributed by atoms with E-state index in [-0.39, 0.29) is 25.8 Å². The third-order valence-corrected chi connectivity index (χ3v) is 7.18. The molecule has 3 aromatic heterocycles. The normalized spacial score (nSPS) is 13.9. The van der Waals surface area contributed by atoms with E-state index in [2.05, 4.69) is 28.0 Å². The number of carboxylic acids is 1. The molecule has 8 nitrogen and oxygen atoms in total. The van der Waals surface area contributed by atoms with E-state index in [1.807, 2.05) is 66.7 Å². The van der Waals surface area contributed by atoms with E-state index in [0.29, 0.717) is 28.3 Å². The molecular formula is C37H21IrN5O3-2. The molecule has 1 radical (unpaired) electrons. The molecule has 223 valence electrons. The summed E-state index contributed by atoms with van der Waals surface area (Å²) >= 11 is 0. The maximum Gasteiger partial charge on any atom is 0.354 e. The predicted molar refractivity (Wildman–Crippen MR) is 166 cm³/mol. The molecule has 1 aliphatic heterocycles. The molecule has 0 aliphatic carbocycles. The zero-order valence-corrected chi connectivity index (χ0v) is 26.3. The second kappa shape index (κ2) is 13.8. The van der Waals surface area contributed by atoms with E-state index in [1.165, 1.54) is 12.3 Å². The van der Waals surface area contributed by atoms with Crippen LogP contribution in [0.2, 0.25) is 0 Å². The Labute approximate surface area is 278 Å². The van der Waals surface area contributed by atoms with Gasteiger partial charge in [0.1, 0.15) is 11.4 Å². The Kier molecular flexibility index (Phi) is 9.40. The number of nitrogens with zero attached hydrogens (tertiary/aromatic N) is 5. The van der Waals surface area contributed by atoms with Crippen molar-refractivity contribution in [1.82, 2.24) is 15.0 Å².